The first-order valence-corrected chi connectivity index (χ1v) is 10.9. The van der Waals surface area contributed by atoms with E-state index in [0.29, 0.717) is 24.0 Å². The largest absolute Gasteiger partial charge is 0.352 e. The molecule has 0 spiro atoms. The molecular weight excluding hydrogens is 368 g/mol. The summed E-state index contributed by atoms with van der Waals surface area (Å²) in [6.45, 7) is 10.1. The average Bonchev–Trinajstić information content (AvgIpc) is 3.05. The molecule has 5 heteroatoms. The van der Waals surface area contributed by atoms with Crippen LogP contribution in [0.1, 0.15) is 67.6 Å². The first-order valence-electron chi connectivity index (χ1n) is 10.1. The van der Waals surface area contributed by atoms with Crippen LogP contribution < -0.4 is 10.6 Å². The topological polar surface area (TPSA) is 58.2 Å². The Labute approximate surface area is 171 Å². The molecule has 3 rings (SSSR count). The van der Waals surface area contributed by atoms with Gasteiger partial charge in [0.05, 0.1) is 4.88 Å². The Bertz CT molecular complexity index is 876. The number of nitrogens with one attached hydrogen (secondary N) is 2. The van der Waals surface area contributed by atoms with Crippen LogP contribution in [0.25, 0.3) is 10.1 Å². The standard InChI is InChI=1S/C23H30N2O2S/c1-14(2)22(26)24-13-16-9-11-17(12-10-16)20-18-7-5-6-8-19(18)28-21(20)23(27)25-15(3)4/h5-8,15-17H,1,9-13H2,2-4H3,(H,24,26)(H,25,27). The minimum atomic E-state index is -0.0569. The fourth-order valence-electron chi connectivity index (χ4n) is 4.01. The van der Waals surface area contributed by atoms with Gasteiger partial charge >= 0.3 is 0 Å². The van der Waals surface area contributed by atoms with E-state index in [-0.39, 0.29) is 17.9 Å². The molecule has 4 nitrogen and oxygen atoms in total. The van der Waals surface area contributed by atoms with Gasteiger partial charge in [0, 0.05) is 22.9 Å². The van der Waals surface area contributed by atoms with Gasteiger partial charge in [-0.2, -0.15) is 0 Å². The van der Waals surface area contributed by atoms with E-state index < -0.39 is 0 Å². The number of carbonyl (C=O) groups excluding carboxylic acids is 2. The Morgan fingerprint density at radius 1 is 1.18 bits per heavy atom. The Kier molecular flexibility index (Phi) is 6.55. The zero-order valence-corrected chi connectivity index (χ0v) is 17.8. The van der Waals surface area contributed by atoms with Gasteiger partial charge < -0.3 is 10.6 Å². The number of benzene rings is 1. The fourth-order valence-corrected chi connectivity index (χ4v) is 5.20. The molecule has 1 aromatic carbocycles. The van der Waals surface area contributed by atoms with Gasteiger partial charge in [-0.1, -0.05) is 24.8 Å². The van der Waals surface area contributed by atoms with Gasteiger partial charge in [0.25, 0.3) is 5.91 Å². The van der Waals surface area contributed by atoms with Crippen molar-refractivity contribution in [3.8, 4) is 0 Å². The maximum Gasteiger partial charge on any atom is 0.261 e. The van der Waals surface area contributed by atoms with Gasteiger partial charge in [0.15, 0.2) is 0 Å². The van der Waals surface area contributed by atoms with Crippen molar-refractivity contribution in [3.05, 3.63) is 46.9 Å². The molecule has 150 valence electrons. The third kappa shape index (κ3) is 4.64. The molecule has 0 bridgehead atoms. The molecule has 0 radical (unpaired) electrons. The lowest BCUT2D eigenvalue weighted by Gasteiger charge is -2.29. The van der Waals surface area contributed by atoms with Crippen LogP contribution in [0.5, 0.6) is 0 Å². The van der Waals surface area contributed by atoms with Crippen LogP contribution in [0.4, 0.5) is 0 Å². The molecule has 2 N–H and O–H groups in total. The van der Waals surface area contributed by atoms with E-state index in [2.05, 4.69) is 35.4 Å². The molecule has 0 unspecified atom stereocenters. The van der Waals surface area contributed by atoms with E-state index in [9.17, 15) is 9.59 Å². The summed E-state index contributed by atoms with van der Waals surface area (Å²) in [5.74, 6) is 0.884. The zero-order valence-electron chi connectivity index (χ0n) is 17.0. The van der Waals surface area contributed by atoms with E-state index >= 15 is 0 Å². The van der Waals surface area contributed by atoms with Gasteiger partial charge in [0.2, 0.25) is 5.91 Å². The predicted octanol–water partition coefficient (Wildman–Crippen LogP) is 5.01. The molecule has 0 aliphatic heterocycles. The smallest absolute Gasteiger partial charge is 0.261 e. The Morgan fingerprint density at radius 3 is 2.50 bits per heavy atom. The number of hydrogen-bond donors (Lipinski definition) is 2. The molecule has 2 amide bonds. The van der Waals surface area contributed by atoms with Crippen LogP contribution in [0, 0.1) is 5.92 Å². The molecule has 28 heavy (non-hydrogen) atoms. The van der Waals surface area contributed by atoms with Gasteiger partial charge in [0.1, 0.15) is 0 Å². The second-order valence-corrected chi connectivity index (χ2v) is 9.23. The Morgan fingerprint density at radius 2 is 1.86 bits per heavy atom. The number of rotatable bonds is 6. The van der Waals surface area contributed by atoms with E-state index in [0.717, 1.165) is 30.6 Å². The molecular formula is C23H30N2O2S. The Hall–Kier alpha value is -2.14. The van der Waals surface area contributed by atoms with Crippen LogP contribution >= 0.6 is 11.3 Å². The summed E-state index contributed by atoms with van der Waals surface area (Å²) in [4.78, 5) is 25.4. The van der Waals surface area contributed by atoms with Crippen molar-refractivity contribution in [1.29, 1.82) is 0 Å². The van der Waals surface area contributed by atoms with Gasteiger partial charge in [-0.05, 0) is 75.3 Å². The van der Waals surface area contributed by atoms with Gasteiger partial charge in [-0.3, -0.25) is 9.59 Å². The second kappa shape index (κ2) is 8.91. The summed E-state index contributed by atoms with van der Waals surface area (Å²) in [6, 6.07) is 8.47. The van der Waals surface area contributed by atoms with Gasteiger partial charge in [-0.15, -0.1) is 11.3 Å². The Balaban J connectivity index is 1.76. The average molecular weight is 399 g/mol. The third-order valence-electron chi connectivity index (χ3n) is 5.45. The van der Waals surface area contributed by atoms with Crippen LogP contribution in [0.2, 0.25) is 0 Å². The van der Waals surface area contributed by atoms with Gasteiger partial charge in [-0.25, -0.2) is 0 Å². The van der Waals surface area contributed by atoms with Crippen molar-refractivity contribution < 1.29 is 9.59 Å². The molecule has 1 aromatic heterocycles. The lowest BCUT2D eigenvalue weighted by atomic mass is 9.77. The number of thiophene rings is 1. The summed E-state index contributed by atoms with van der Waals surface area (Å²) in [5.41, 5.74) is 1.78. The van der Waals surface area contributed by atoms with Crippen molar-refractivity contribution in [2.24, 2.45) is 5.92 Å². The molecule has 2 aromatic rings. The molecule has 1 heterocycles. The van der Waals surface area contributed by atoms with E-state index in [1.165, 1.54) is 15.6 Å². The van der Waals surface area contributed by atoms with Crippen molar-refractivity contribution in [2.45, 2.75) is 58.4 Å². The van der Waals surface area contributed by atoms with Crippen molar-refractivity contribution in [3.63, 3.8) is 0 Å². The molecule has 1 aliphatic carbocycles. The molecule has 1 saturated carbocycles. The third-order valence-corrected chi connectivity index (χ3v) is 6.64. The minimum absolute atomic E-state index is 0.0436. The quantitative estimate of drug-likeness (QED) is 0.672. The zero-order chi connectivity index (χ0) is 20.3. The van der Waals surface area contributed by atoms with Crippen LogP contribution in [0.3, 0.4) is 0 Å². The first kappa shape index (κ1) is 20.6. The van der Waals surface area contributed by atoms with Crippen LogP contribution in [-0.4, -0.2) is 24.4 Å². The maximum absolute atomic E-state index is 12.8. The summed E-state index contributed by atoms with van der Waals surface area (Å²) in [7, 11) is 0. The van der Waals surface area contributed by atoms with E-state index in [4.69, 9.17) is 0 Å². The fraction of sp³-hybridized carbons (Fsp3) is 0.478. The number of hydrogen-bond acceptors (Lipinski definition) is 3. The normalized spacial score (nSPS) is 19.6. The van der Waals surface area contributed by atoms with Crippen LogP contribution in [0.15, 0.2) is 36.4 Å². The first-order chi connectivity index (χ1) is 13.4. The molecule has 0 saturated heterocycles. The minimum Gasteiger partial charge on any atom is -0.352 e. The second-order valence-electron chi connectivity index (χ2n) is 8.18. The lowest BCUT2D eigenvalue weighted by molar-refractivity contribution is -0.117. The number of fused-ring (bicyclic) bond motifs is 1. The monoisotopic (exact) mass is 398 g/mol. The van der Waals surface area contributed by atoms with Crippen molar-refractivity contribution in [1.82, 2.24) is 10.6 Å². The molecule has 1 fully saturated rings. The highest BCUT2D eigenvalue weighted by atomic mass is 32.1. The van der Waals surface area contributed by atoms with Crippen molar-refractivity contribution in [2.75, 3.05) is 6.54 Å². The molecule has 0 atom stereocenters. The SMILES string of the molecule is C=C(C)C(=O)NCC1CCC(c2c(C(=O)NC(C)C)sc3ccccc23)CC1. The van der Waals surface area contributed by atoms with Crippen molar-refractivity contribution >= 4 is 33.2 Å². The summed E-state index contributed by atoms with van der Waals surface area (Å²) in [6.07, 6.45) is 4.24. The highest BCUT2D eigenvalue weighted by Gasteiger charge is 2.29. The highest BCUT2D eigenvalue weighted by molar-refractivity contribution is 7.21. The van der Waals surface area contributed by atoms with E-state index in [1.54, 1.807) is 18.3 Å². The maximum atomic E-state index is 12.8. The number of carbonyl (C=O) groups is 2. The highest BCUT2D eigenvalue weighted by Crippen LogP contribution is 2.43. The lowest BCUT2D eigenvalue weighted by Crippen LogP contribution is -2.32. The molecule has 1 aliphatic rings. The predicted molar refractivity (Wildman–Crippen MR) is 117 cm³/mol. The summed E-state index contributed by atoms with van der Waals surface area (Å²) in [5, 5.41) is 7.27. The number of amides is 2. The summed E-state index contributed by atoms with van der Waals surface area (Å²) >= 11 is 1.61. The summed E-state index contributed by atoms with van der Waals surface area (Å²) < 4.78 is 1.18. The van der Waals surface area contributed by atoms with Crippen LogP contribution in [-0.2, 0) is 4.79 Å². The van der Waals surface area contributed by atoms with E-state index in [1.807, 2.05) is 19.9 Å².